The fourth-order valence-corrected chi connectivity index (χ4v) is 3.28. The second-order valence-corrected chi connectivity index (χ2v) is 5.87. The highest BCUT2D eigenvalue weighted by Crippen LogP contribution is 2.42. The summed E-state index contributed by atoms with van der Waals surface area (Å²) in [5, 5.41) is 9.62. The molecule has 2 rings (SSSR count). The van der Waals surface area contributed by atoms with Crippen molar-refractivity contribution in [2.75, 3.05) is 0 Å². The van der Waals surface area contributed by atoms with Crippen LogP contribution < -0.4 is 0 Å². The van der Waals surface area contributed by atoms with Crippen molar-refractivity contribution in [1.29, 1.82) is 5.26 Å². The lowest BCUT2D eigenvalue weighted by atomic mass is 9.67. The van der Waals surface area contributed by atoms with E-state index in [1.165, 1.54) is 38.5 Å². The number of unbranched alkanes of at least 4 members (excludes halogenated alkanes) is 2. The van der Waals surface area contributed by atoms with E-state index in [1.807, 2.05) is 24.5 Å². The molecule has 0 saturated heterocycles. The van der Waals surface area contributed by atoms with Crippen LogP contribution in [0.1, 0.15) is 63.9 Å². The molecule has 1 heterocycles. The van der Waals surface area contributed by atoms with E-state index in [1.54, 1.807) is 0 Å². The summed E-state index contributed by atoms with van der Waals surface area (Å²) in [5.41, 5.74) is 0.918. The third-order valence-corrected chi connectivity index (χ3v) is 4.62. The molecule has 1 aromatic heterocycles. The van der Waals surface area contributed by atoms with Gasteiger partial charge in [-0.05, 0) is 49.3 Å². The number of nitriles is 1. The first-order valence-corrected chi connectivity index (χ1v) is 7.62. The summed E-state index contributed by atoms with van der Waals surface area (Å²) in [7, 11) is 0. The number of rotatable bonds is 5. The van der Waals surface area contributed by atoms with Crippen molar-refractivity contribution < 1.29 is 0 Å². The molecule has 0 N–H and O–H groups in total. The average molecular weight is 256 g/mol. The van der Waals surface area contributed by atoms with E-state index in [9.17, 15) is 5.26 Å². The lowest BCUT2D eigenvalue weighted by molar-refractivity contribution is 0.261. The molecule has 0 amide bonds. The van der Waals surface area contributed by atoms with Gasteiger partial charge in [-0.15, -0.1) is 0 Å². The topological polar surface area (TPSA) is 36.7 Å². The van der Waals surface area contributed by atoms with E-state index in [0.717, 1.165) is 24.3 Å². The van der Waals surface area contributed by atoms with Crippen LogP contribution in [0.25, 0.3) is 0 Å². The molecule has 102 valence electrons. The van der Waals surface area contributed by atoms with Gasteiger partial charge in [-0.1, -0.05) is 32.6 Å². The number of hydrogen-bond acceptors (Lipinski definition) is 2. The largest absolute Gasteiger partial charge is 0.265 e. The van der Waals surface area contributed by atoms with Crippen LogP contribution in [0.4, 0.5) is 0 Å². The van der Waals surface area contributed by atoms with E-state index >= 15 is 0 Å². The van der Waals surface area contributed by atoms with Crippen LogP contribution in [-0.2, 0) is 5.41 Å². The summed E-state index contributed by atoms with van der Waals surface area (Å²) in [5.74, 6) is 0.842. The predicted molar refractivity (Wildman–Crippen MR) is 77.6 cm³/mol. The number of pyridine rings is 1. The van der Waals surface area contributed by atoms with Gasteiger partial charge in [-0.3, -0.25) is 4.98 Å². The zero-order valence-corrected chi connectivity index (χ0v) is 11.9. The first-order chi connectivity index (χ1) is 9.30. The van der Waals surface area contributed by atoms with Crippen LogP contribution in [0.3, 0.4) is 0 Å². The summed E-state index contributed by atoms with van der Waals surface area (Å²) < 4.78 is 0. The maximum absolute atomic E-state index is 9.62. The SMILES string of the molecule is CCCCCC1CCC(C#N)(c2ccncc2)CC1. The van der Waals surface area contributed by atoms with Crippen LogP contribution >= 0.6 is 0 Å². The summed E-state index contributed by atoms with van der Waals surface area (Å²) >= 11 is 0. The van der Waals surface area contributed by atoms with Crippen molar-refractivity contribution in [3.05, 3.63) is 30.1 Å². The zero-order chi connectivity index (χ0) is 13.6. The van der Waals surface area contributed by atoms with Gasteiger partial charge in [0.05, 0.1) is 11.5 Å². The van der Waals surface area contributed by atoms with Gasteiger partial charge in [0, 0.05) is 12.4 Å². The van der Waals surface area contributed by atoms with Gasteiger partial charge in [0.2, 0.25) is 0 Å². The van der Waals surface area contributed by atoms with Gasteiger partial charge in [-0.2, -0.15) is 5.26 Å². The highest BCUT2D eigenvalue weighted by Gasteiger charge is 2.36. The van der Waals surface area contributed by atoms with E-state index in [2.05, 4.69) is 18.0 Å². The molecule has 0 radical (unpaired) electrons. The second-order valence-electron chi connectivity index (χ2n) is 5.87. The maximum Gasteiger partial charge on any atom is 0.0823 e. The zero-order valence-electron chi connectivity index (χ0n) is 11.9. The van der Waals surface area contributed by atoms with E-state index in [4.69, 9.17) is 0 Å². The Morgan fingerprint density at radius 3 is 2.53 bits per heavy atom. The van der Waals surface area contributed by atoms with Crippen LogP contribution in [0.2, 0.25) is 0 Å². The molecule has 0 aliphatic heterocycles. The van der Waals surface area contributed by atoms with Crippen LogP contribution in [-0.4, -0.2) is 4.98 Å². The minimum atomic E-state index is -0.246. The molecule has 2 nitrogen and oxygen atoms in total. The standard InChI is InChI=1S/C17H24N2/c1-2-3-4-5-15-6-10-17(14-18,11-7-15)16-8-12-19-13-9-16/h8-9,12-13,15H,2-7,10-11H2,1H3. The number of aromatic nitrogens is 1. The van der Waals surface area contributed by atoms with Crippen molar-refractivity contribution in [3.8, 4) is 6.07 Å². The van der Waals surface area contributed by atoms with Gasteiger partial charge < -0.3 is 0 Å². The molecule has 19 heavy (non-hydrogen) atoms. The molecule has 1 saturated carbocycles. The third-order valence-electron chi connectivity index (χ3n) is 4.62. The van der Waals surface area contributed by atoms with Crippen molar-refractivity contribution in [1.82, 2.24) is 4.98 Å². The molecule has 1 aliphatic rings. The van der Waals surface area contributed by atoms with Crippen molar-refractivity contribution in [3.63, 3.8) is 0 Å². The summed E-state index contributed by atoms with van der Waals surface area (Å²) in [6.07, 6.45) is 13.4. The lowest BCUT2D eigenvalue weighted by Gasteiger charge is -2.35. The van der Waals surface area contributed by atoms with E-state index in [0.29, 0.717) is 0 Å². The highest BCUT2D eigenvalue weighted by molar-refractivity contribution is 5.31. The molecule has 0 bridgehead atoms. The molecule has 1 aromatic rings. The van der Waals surface area contributed by atoms with Gasteiger partial charge in [-0.25, -0.2) is 0 Å². The fourth-order valence-electron chi connectivity index (χ4n) is 3.28. The Balaban J connectivity index is 1.95. The maximum atomic E-state index is 9.62. The fraction of sp³-hybridized carbons (Fsp3) is 0.647. The molecule has 1 aliphatic carbocycles. The van der Waals surface area contributed by atoms with E-state index < -0.39 is 0 Å². The number of hydrogen-bond donors (Lipinski definition) is 0. The van der Waals surface area contributed by atoms with Gasteiger partial charge >= 0.3 is 0 Å². The Labute approximate surface area is 116 Å². The molecular weight excluding hydrogens is 232 g/mol. The molecule has 0 aromatic carbocycles. The minimum Gasteiger partial charge on any atom is -0.265 e. The van der Waals surface area contributed by atoms with E-state index in [-0.39, 0.29) is 5.41 Å². The summed E-state index contributed by atoms with van der Waals surface area (Å²) in [6.45, 7) is 2.25. The van der Waals surface area contributed by atoms with Crippen molar-refractivity contribution in [2.45, 2.75) is 63.7 Å². The monoisotopic (exact) mass is 256 g/mol. The smallest absolute Gasteiger partial charge is 0.0823 e. The lowest BCUT2D eigenvalue weighted by Crippen LogP contribution is -2.30. The average Bonchev–Trinajstić information content (AvgIpc) is 2.49. The molecule has 0 atom stereocenters. The van der Waals surface area contributed by atoms with Crippen LogP contribution in [0, 0.1) is 17.2 Å². The molecule has 0 spiro atoms. The van der Waals surface area contributed by atoms with Crippen molar-refractivity contribution in [2.24, 2.45) is 5.92 Å². The predicted octanol–water partition coefficient (Wildman–Crippen LogP) is 4.61. The summed E-state index contributed by atoms with van der Waals surface area (Å²) in [6, 6.07) is 6.62. The molecular formula is C17H24N2. The van der Waals surface area contributed by atoms with Crippen LogP contribution in [0.15, 0.2) is 24.5 Å². The second kappa shape index (κ2) is 6.70. The molecule has 1 fully saturated rings. The Hall–Kier alpha value is -1.36. The Morgan fingerprint density at radius 1 is 1.26 bits per heavy atom. The van der Waals surface area contributed by atoms with Crippen molar-refractivity contribution >= 4 is 0 Å². The van der Waals surface area contributed by atoms with Gasteiger partial charge in [0.1, 0.15) is 0 Å². The van der Waals surface area contributed by atoms with Crippen LogP contribution in [0.5, 0.6) is 0 Å². The Bertz CT molecular complexity index is 411. The highest BCUT2D eigenvalue weighted by atomic mass is 14.6. The summed E-state index contributed by atoms with van der Waals surface area (Å²) in [4.78, 5) is 4.06. The minimum absolute atomic E-state index is 0.246. The number of nitrogens with zero attached hydrogens (tertiary/aromatic N) is 2. The van der Waals surface area contributed by atoms with Gasteiger partial charge in [0.15, 0.2) is 0 Å². The quantitative estimate of drug-likeness (QED) is 0.721. The molecule has 2 heteroatoms. The normalized spacial score (nSPS) is 26.8. The third kappa shape index (κ3) is 3.35. The first kappa shape index (κ1) is 14.1. The Kier molecular flexibility index (Phi) is 4.96. The van der Waals surface area contributed by atoms with Gasteiger partial charge in [0.25, 0.3) is 0 Å². The Morgan fingerprint density at radius 2 is 1.95 bits per heavy atom. The molecule has 0 unspecified atom stereocenters. The first-order valence-electron chi connectivity index (χ1n) is 7.62.